The van der Waals surface area contributed by atoms with Gasteiger partial charge < -0.3 is 84.0 Å². The minimum absolute atomic E-state index is 0.137. The Morgan fingerprint density at radius 1 is 0.383 bits per heavy atom. The lowest BCUT2D eigenvalue weighted by molar-refractivity contribution is -0.139. The highest BCUT2D eigenvalue weighted by Gasteiger charge is 2.42. The standard InChI is InChI=1S/C51H48N8O7.C41H46N6O5.C10H11NO4/c1-64-50(62)56-43(30-11-5-3-6-12-30)48(60)58-23-9-15-41(58)46-52-27-39(54-46)33-19-21-37-32(25-33)17-22-38-36-20-18-34(26-35(36)29-66-45(37)38)40-28-53-47(55-40)42-16-10-24-59(42)49(61)44(57-51(63)65-2)31-13-7-4-8-14-31;1-40(2,3)51-38(48)46-17-7-9-33(46)36-42-21-31(44-36)25-13-15-29-24(19-25)11-16-30-28-14-12-26(20-27(28)23-50-35(29)30)32-22-43-37(45-32)34-10-8-18-47(34)39(49)52-41(4,5)6;1-15-10(14)11-8(9(12)13)7-5-3-2-4-6-7/h3-8,11-14,17-22,25-28,41-44H,9-10,15-16,23-24,29H2,1-2H3,(H,52,54)(H,53,55)(H,56,62)(H,57,63);11-16,19-22,33-34H,7-10,17-18,23H2,1-6H3,(H,42,44)(H,43,45);2-6,8H,1H3,(H,11,14)(H,12,13)/t41-,42?,43+,44+;33-,34?;8-/m001/s1. The first-order valence-electron chi connectivity index (χ1n) is 44.6. The van der Waals surface area contributed by atoms with Crippen LogP contribution in [0.5, 0.6) is 11.5 Å². The van der Waals surface area contributed by atoms with E-state index in [2.05, 4.69) is 138 Å². The molecule has 6 aliphatic heterocycles. The zero-order valence-corrected chi connectivity index (χ0v) is 75.3. The third-order valence-corrected chi connectivity index (χ3v) is 24.7. The smallest absolute Gasteiger partial charge is 0.410 e. The first kappa shape index (κ1) is 89.7. The number of rotatable bonds is 17. The molecule has 2 unspecified atom stereocenters. The molecule has 0 spiro atoms. The number of imidazole rings is 4. The molecule has 4 saturated heterocycles. The molecule has 684 valence electrons. The van der Waals surface area contributed by atoms with E-state index in [9.17, 15) is 38.4 Å². The van der Waals surface area contributed by atoms with E-state index in [0.29, 0.717) is 67.7 Å². The summed E-state index contributed by atoms with van der Waals surface area (Å²) in [6.45, 7) is 14.5. The van der Waals surface area contributed by atoms with Gasteiger partial charge in [-0.15, -0.1) is 0 Å². The van der Waals surface area contributed by atoms with Crippen LogP contribution in [0.1, 0.15) is 186 Å². The third-order valence-electron chi connectivity index (χ3n) is 24.7. The van der Waals surface area contributed by atoms with Crippen LogP contribution in [-0.2, 0) is 51.3 Å². The van der Waals surface area contributed by atoms with E-state index in [-0.39, 0.29) is 48.2 Å². The van der Waals surface area contributed by atoms with Crippen LogP contribution in [0.3, 0.4) is 0 Å². The number of benzene rings is 9. The van der Waals surface area contributed by atoms with Crippen molar-refractivity contribution in [2.45, 2.75) is 160 Å². The number of carbonyl (C=O) groups is 8. The molecule has 7 amide bonds. The maximum Gasteiger partial charge on any atom is 0.410 e. The van der Waals surface area contributed by atoms with Crippen LogP contribution in [0.15, 0.2) is 213 Å². The minimum atomic E-state index is -1.13. The Morgan fingerprint density at radius 3 is 1.02 bits per heavy atom. The number of amides is 7. The maximum atomic E-state index is 14.0. The second-order valence-electron chi connectivity index (χ2n) is 35.6. The van der Waals surface area contributed by atoms with E-state index in [1.165, 1.54) is 21.3 Å². The SMILES string of the molecule is CC(C)(C)OC(=O)N1CCCC1c1ncc(-c2ccc3c(c2)COc2c-3ccc3cc(-c4cnc([C@@H]5CCCN5C(=O)OC(C)(C)C)[nH]4)ccc23)[nH]1.COC(=O)N[C@@H](C(=O)N1CCCC1c1ncc(-c2ccc3c(c2)COc2c-3ccc3cc(-c4cnc([C@@H]5CCCN5C(=O)[C@H](NC(=O)OC)c5ccccc5)[nH]4)ccc23)[nH]1)c1ccccc1.COC(=O)N[C@@H](C(=O)O)c1ccccc1. The Hall–Kier alpha value is -15.3. The summed E-state index contributed by atoms with van der Waals surface area (Å²) in [5, 5.41) is 20.7. The van der Waals surface area contributed by atoms with Crippen molar-refractivity contribution in [3.05, 3.63) is 264 Å². The Bertz CT molecular complexity index is 6520. The first-order chi connectivity index (χ1) is 64.2. The molecule has 0 radical (unpaired) electrons. The highest BCUT2D eigenvalue weighted by molar-refractivity contribution is 6.00. The number of ether oxygens (including phenoxy) is 7. The van der Waals surface area contributed by atoms with Crippen molar-refractivity contribution in [3.63, 3.8) is 0 Å². The zero-order chi connectivity index (χ0) is 92.9. The van der Waals surface area contributed by atoms with E-state index in [1.54, 1.807) is 62.3 Å². The van der Waals surface area contributed by atoms with Gasteiger partial charge in [0, 0.05) is 59.2 Å². The molecule has 10 heterocycles. The molecule has 4 fully saturated rings. The van der Waals surface area contributed by atoms with Crippen LogP contribution in [-0.4, -0.2) is 172 Å². The van der Waals surface area contributed by atoms with Crippen molar-refractivity contribution in [1.82, 2.24) is 75.4 Å². The van der Waals surface area contributed by atoms with Gasteiger partial charge in [0.15, 0.2) is 6.04 Å². The average molecular weight is 1800 g/mol. The fraction of sp³-hybridized carbons (Fsp3) is 0.314. The maximum absolute atomic E-state index is 14.0. The number of fused-ring (bicyclic) bond motifs is 10. The second-order valence-corrected chi connectivity index (χ2v) is 35.6. The molecular formula is C102H105N15O16. The Morgan fingerprint density at radius 2 is 0.684 bits per heavy atom. The summed E-state index contributed by atoms with van der Waals surface area (Å²) < 4.78 is 38.3. The Balaban J connectivity index is 0.000000163. The molecule has 8 N–H and O–H groups in total. The summed E-state index contributed by atoms with van der Waals surface area (Å²) in [6.07, 6.45) is 11.2. The topological polar surface area (TPSA) is 385 Å². The quantitative estimate of drug-likeness (QED) is 0.0393. The summed E-state index contributed by atoms with van der Waals surface area (Å²) in [5.74, 6) is 3.05. The predicted octanol–water partition coefficient (Wildman–Crippen LogP) is 19.2. The van der Waals surface area contributed by atoms with Crippen LogP contribution in [0, 0.1) is 0 Å². The molecule has 4 aromatic heterocycles. The largest absolute Gasteiger partial charge is 0.488 e. The van der Waals surface area contributed by atoms with Crippen molar-refractivity contribution in [3.8, 4) is 78.8 Å². The van der Waals surface area contributed by atoms with Gasteiger partial charge in [-0.2, -0.15) is 0 Å². The van der Waals surface area contributed by atoms with Gasteiger partial charge in [0.2, 0.25) is 0 Å². The van der Waals surface area contributed by atoms with Gasteiger partial charge >= 0.3 is 36.4 Å². The number of likely N-dealkylation sites (tertiary alicyclic amines) is 4. The number of nitrogens with one attached hydrogen (secondary N) is 7. The molecule has 31 heteroatoms. The highest BCUT2D eigenvalue weighted by atomic mass is 16.6. The van der Waals surface area contributed by atoms with Crippen molar-refractivity contribution in [1.29, 1.82) is 0 Å². The molecule has 19 rings (SSSR count). The monoisotopic (exact) mass is 1800 g/mol. The molecule has 0 saturated carbocycles. The van der Waals surface area contributed by atoms with Crippen molar-refractivity contribution < 1.29 is 76.6 Å². The third kappa shape index (κ3) is 19.5. The summed E-state index contributed by atoms with van der Waals surface area (Å²) in [5.41, 5.74) is 14.6. The van der Waals surface area contributed by atoms with E-state index in [4.69, 9.17) is 53.5 Å². The summed E-state index contributed by atoms with van der Waals surface area (Å²) >= 11 is 0. The highest BCUT2D eigenvalue weighted by Crippen LogP contribution is 2.48. The van der Waals surface area contributed by atoms with E-state index in [1.807, 2.05) is 115 Å². The summed E-state index contributed by atoms with van der Waals surface area (Å²) in [4.78, 5) is 140. The molecule has 133 heavy (non-hydrogen) atoms. The number of carboxylic acids is 1. The van der Waals surface area contributed by atoms with Crippen molar-refractivity contribution in [2.24, 2.45) is 0 Å². The van der Waals surface area contributed by atoms with Crippen LogP contribution < -0.4 is 25.4 Å². The van der Waals surface area contributed by atoms with E-state index in [0.717, 1.165) is 174 Å². The number of hydrogen-bond donors (Lipinski definition) is 8. The molecular weight excluding hydrogens is 1690 g/mol. The second kappa shape index (κ2) is 38.4. The lowest BCUT2D eigenvalue weighted by Crippen LogP contribution is -2.42. The van der Waals surface area contributed by atoms with Gasteiger partial charge in [-0.1, -0.05) is 152 Å². The Labute approximate surface area is 767 Å². The average Bonchev–Trinajstić information content (AvgIpc) is 1.41. The molecule has 0 bridgehead atoms. The number of H-pyrrole nitrogens is 4. The van der Waals surface area contributed by atoms with E-state index >= 15 is 0 Å². The minimum Gasteiger partial charge on any atom is -0.488 e. The number of alkyl carbamates (subject to hydrolysis) is 3. The lowest BCUT2D eigenvalue weighted by atomic mass is 9.92. The fourth-order valence-corrected chi connectivity index (χ4v) is 18.3. The molecule has 6 aliphatic rings. The van der Waals surface area contributed by atoms with Gasteiger partial charge in [0.25, 0.3) is 11.8 Å². The number of nitrogens with zero attached hydrogens (tertiary/aromatic N) is 8. The molecule has 13 aromatic rings. The normalized spacial score (nSPS) is 17.2. The number of methoxy groups -OCH3 is 3. The van der Waals surface area contributed by atoms with Gasteiger partial charge in [-0.05, 0) is 190 Å². The van der Waals surface area contributed by atoms with Crippen LogP contribution in [0.2, 0.25) is 0 Å². The molecule has 31 nitrogen and oxygen atoms in total. The van der Waals surface area contributed by atoms with Gasteiger partial charge in [-0.25, -0.2) is 48.7 Å². The van der Waals surface area contributed by atoms with Crippen LogP contribution in [0.4, 0.5) is 24.0 Å². The number of aromatic amines is 4. The lowest BCUT2D eigenvalue weighted by Gasteiger charge is -2.28. The number of aliphatic carboxylic acids is 1. The Kier molecular flexibility index (Phi) is 25.9. The zero-order valence-electron chi connectivity index (χ0n) is 75.3. The fourth-order valence-electron chi connectivity index (χ4n) is 18.3. The number of carbonyl (C=O) groups excluding carboxylic acids is 7. The van der Waals surface area contributed by atoms with Crippen LogP contribution >= 0.6 is 0 Å². The molecule has 7 atom stereocenters. The van der Waals surface area contributed by atoms with Crippen molar-refractivity contribution in [2.75, 3.05) is 47.5 Å². The summed E-state index contributed by atoms with van der Waals surface area (Å²) in [6, 6.07) is 56.9. The number of aromatic nitrogens is 8. The first-order valence-corrected chi connectivity index (χ1v) is 44.6. The molecule has 9 aromatic carbocycles. The number of hydrogen-bond acceptors (Lipinski definition) is 19. The summed E-state index contributed by atoms with van der Waals surface area (Å²) in [7, 11) is 3.74. The van der Waals surface area contributed by atoms with Gasteiger partial charge in [-0.3, -0.25) is 19.4 Å². The van der Waals surface area contributed by atoms with Gasteiger partial charge in [0.05, 0.1) is 93.1 Å². The predicted molar refractivity (Wildman–Crippen MR) is 497 cm³/mol. The van der Waals surface area contributed by atoms with Crippen molar-refractivity contribution >= 4 is 69.8 Å². The van der Waals surface area contributed by atoms with E-state index < -0.39 is 53.6 Å². The molecule has 0 aliphatic carbocycles. The number of carboxylic acid groups (broad SMARTS) is 1. The van der Waals surface area contributed by atoms with Crippen LogP contribution in [0.25, 0.3) is 88.8 Å². The van der Waals surface area contributed by atoms with Gasteiger partial charge in [0.1, 0.15) is 71.3 Å².